The standard InChI is InChI=1S/C9H10N2O.C2H6/c1-6-7-3-4-10-9(7)11-5-8(6)12-2;1-2/h3-5H,1-2H3,(H,10,11);1-2H3. The fourth-order valence-corrected chi connectivity index (χ4v) is 1.33. The summed E-state index contributed by atoms with van der Waals surface area (Å²) in [6, 6.07) is 2.00. The lowest BCUT2D eigenvalue weighted by Gasteiger charge is -2.03. The Labute approximate surface area is 84.1 Å². The molecule has 3 nitrogen and oxygen atoms in total. The smallest absolute Gasteiger partial charge is 0.140 e. The molecule has 0 aliphatic rings. The van der Waals surface area contributed by atoms with Gasteiger partial charge in [-0.3, -0.25) is 0 Å². The number of H-pyrrole nitrogens is 1. The van der Waals surface area contributed by atoms with Gasteiger partial charge in [-0.25, -0.2) is 4.98 Å². The summed E-state index contributed by atoms with van der Waals surface area (Å²) in [7, 11) is 1.66. The SMILES string of the molecule is CC.COc1cnc2[nH]ccc2c1C. The average Bonchev–Trinajstić information content (AvgIpc) is 2.70. The Hall–Kier alpha value is -1.51. The number of hydrogen-bond acceptors (Lipinski definition) is 2. The number of methoxy groups -OCH3 is 1. The monoisotopic (exact) mass is 192 g/mol. The fraction of sp³-hybridized carbons (Fsp3) is 0.364. The third kappa shape index (κ3) is 1.71. The van der Waals surface area contributed by atoms with Crippen LogP contribution in [-0.4, -0.2) is 17.1 Å². The molecule has 0 radical (unpaired) electrons. The van der Waals surface area contributed by atoms with E-state index in [0.29, 0.717) is 0 Å². The van der Waals surface area contributed by atoms with Gasteiger partial charge in [0.05, 0.1) is 13.3 Å². The van der Waals surface area contributed by atoms with Crippen molar-refractivity contribution < 1.29 is 4.74 Å². The van der Waals surface area contributed by atoms with Crippen LogP contribution in [0.2, 0.25) is 0 Å². The van der Waals surface area contributed by atoms with Gasteiger partial charge in [-0.2, -0.15) is 0 Å². The van der Waals surface area contributed by atoms with Crippen LogP contribution in [0, 0.1) is 6.92 Å². The lowest BCUT2D eigenvalue weighted by atomic mass is 10.2. The highest BCUT2D eigenvalue weighted by Crippen LogP contribution is 2.23. The summed E-state index contributed by atoms with van der Waals surface area (Å²) in [5.41, 5.74) is 2.04. The van der Waals surface area contributed by atoms with Gasteiger partial charge in [-0.05, 0) is 13.0 Å². The fourth-order valence-electron chi connectivity index (χ4n) is 1.33. The normalized spacial score (nSPS) is 9.43. The number of nitrogens with zero attached hydrogens (tertiary/aromatic N) is 1. The summed E-state index contributed by atoms with van der Waals surface area (Å²) in [6.45, 7) is 6.02. The zero-order chi connectivity index (χ0) is 10.6. The van der Waals surface area contributed by atoms with Gasteiger partial charge in [0.1, 0.15) is 11.4 Å². The van der Waals surface area contributed by atoms with E-state index in [1.165, 1.54) is 0 Å². The molecule has 0 saturated heterocycles. The summed E-state index contributed by atoms with van der Waals surface area (Å²) in [6.07, 6.45) is 3.61. The van der Waals surface area contributed by atoms with Crippen molar-refractivity contribution in [1.82, 2.24) is 9.97 Å². The van der Waals surface area contributed by atoms with Gasteiger partial charge >= 0.3 is 0 Å². The van der Waals surface area contributed by atoms with Gasteiger partial charge in [0.15, 0.2) is 0 Å². The number of ether oxygens (including phenoxy) is 1. The molecule has 3 heteroatoms. The van der Waals surface area contributed by atoms with Crippen LogP contribution in [0.1, 0.15) is 19.4 Å². The van der Waals surface area contributed by atoms with Gasteiger partial charge in [-0.15, -0.1) is 0 Å². The minimum atomic E-state index is 0.835. The van der Waals surface area contributed by atoms with E-state index in [1.54, 1.807) is 13.3 Å². The first-order valence-corrected chi connectivity index (χ1v) is 4.79. The van der Waals surface area contributed by atoms with E-state index in [2.05, 4.69) is 9.97 Å². The molecule has 0 amide bonds. The Morgan fingerprint density at radius 1 is 1.36 bits per heavy atom. The van der Waals surface area contributed by atoms with Crippen LogP contribution >= 0.6 is 0 Å². The average molecular weight is 192 g/mol. The first kappa shape index (κ1) is 10.6. The number of rotatable bonds is 1. The largest absolute Gasteiger partial charge is 0.495 e. The van der Waals surface area contributed by atoms with Crippen molar-refractivity contribution in [2.24, 2.45) is 0 Å². The van der Waals surface area contributed by atoms with Gasteiger partial charge in [-0.1, -0.05) is 13.8 Å². The Kier molecular flexibility index (Phi) is 3.51. The molecule has 2 aromatic rings. The van der Waals surface area contributed by atoms with Gasteiger partial charge in [0.2, 0.25) is 0 Å². The second-order valence-corrected chi connectivity index (χ2v) is 2.69. The highest BCUT2D eigenvalue weighted by Gasteiger charge is 2.04. The molecule has 0 fully saturated rings. The van der Waals surface area contributed by atoms with E-state index < -0.39 is 0 Å². The molecular formula is C11H16N2O. The zero-order valence-corrected chi connectivity index (χ0v) is 9.09. The number of aryl methyl sites for hydroxylation is 1. The number of nitrogens with one attached hydrogen (secondary N) is 1. The maximum atomic E-state index is 5.15. The Morgan fingerprint density at radius 3 is 2.71 bits per heavy atom. The van der Waals surface area contributed by atoms with Crippen LogP contribution < -0.4 is 4.74 Å². The number of hydrogen-bond donors (Lipinski definition) is 1. The molecule has 0 bridgehead atoms. The quantitative estimate of drug-likeness (QED) is 0.754. The van der Waals surface area contributed by atoms with Crippen molar-refractivity contribution in [2.75, 3.05) is 7.11 Å². The maximum absolute atomic E-state index is 5.15. The molecule has 0 aromatic carbocycles. The topological polar surface area (TPSA) is 37.9 Å². The van der Waals surface area contributed by atoms with Crippen molar-refractivity contribution in [3.05, 3.63) is 24.0 Å². The van der Waals surface area contributed by atoms with Crippen LogP contribution in [0.15, 0.2) is 18.5 Å². The summed E-state index contributed by atoms with van der Waals surface area (Å²) in [5.74, 6) is 0.835. The van der Waals surface area contributed by atoms with Crippen LogP contribution in [0.5, 0.6) is 5.75 Å². The van der Waals surface area contributed by atoms with Crippen molar-refractivity contribution in [3.8, 4) is 5.75 Å². The molecule has 0 saturated carbocycles. The molecular weight excluding hydrogens is 176 g/mol. The van der Waals surface area contributed by atoms with E-state index in [0.717, 1.165) is 22.3 Å². The van der Waals surface area contributed by atoms with Crippen molar-refractivity contribution in [3.63, 3.8) is 0 Å². The zero-order valence-electron chi connectivity index (χ0n) is 9.09. The van der Waals surface area contributed by atoms with E-state index >= 15 is 0 Å². The minimum Gasteiger partial charge on any atom is -0.495 e. The summed E-state index contributed by atoms with van der Waals surface area (Å²) >= 11 is 0. The second kappa shape index (κ2) is 4.65. The van der Waals surface area contributed by atoms with E-state index in [-0.39, 0.29) is 0 Å². The van der Waals surface area contributed by atoms with Crippen LogP contribution in [0.3, 0.4) is 0 Å². The molecule has 0 unspecified atom stereocenters. The third-order valence-electron chi connectivity index (χ3n) is 2.03. The van der Waals surface area contributed by atoms with Crippen LogP contribution in [0.25, 0.3) is 11.0 Å². The molecule has 76 valence electrons. The third-order valence-corrected chi connectivity index (χ3v) is 2.03. The highest BCUT2D eigenvalue weighted by atomic mass is 16.5. The molecule has 0 aliphatic carbocycles. The first-order valence-electron chi connectivity index (χ1n) is 4.79. The number of aromatic nitrogens is 2. The predicted octanol–water partition coefficient (Wildman–Crippen LogP) is 2.91. The van der Waals surface area contributed by atoms with E-state index in [4.69, 9.17) is 4.74 Å². The lowest BCUT2D eigenvalue weighted by molar-refractivity contribution is 0.411. The van der Waals surface area contributed by atoms with Crippen molar-refractivity contribution in [2.45, 2.75) is 20.8 Å². The molecule has 0 aliphatic heterocycles. The Balaban J connectivity index is 0.000000461. The van der Waals surface area contributed by atoms with E-state index in [9.17, 15) is 0 Å². The predicted molar refractivity (Wildman–Crippen MR) is 58.7 cm³/mol. The lowest BCUT2D eigenvalue weighted by Crippen LogP contribution is -1.89. The van der Waals surface area contributed by atoms with Crippen molar-refractivity contribution >= 4 is 11.0 Å². The van der Waals surface area contributed by atoms with Gasteiger partial charge in [0.25, 0.3) is 0 Å². The van der Waals surface area contributed by atoms with Gasteiger partial charge in [0, 0.05) is 17.1 Å². The molecule has 0 atom stereocenters. The summed E-state index contributed by atoms with van der Waals surface area (Å²) in [4.78, 5) is 7.24. The molecule has 1 N–H and O–H groups in total. The second-order valence-electron chi connectivity index (χ2n) is 2.69. The van der Waals surface area contributed by atoms with Crippen LogP contribution in [0.4, 0.5) is 0 Å². The van der Waals surface area contributed by atoms with E-state index in [1.807, 2.05) is 33.0 Å². The first-order chi connectivity index (χ1) is 6.83. The maximum Gasteiger partial charge on any atom is 0.140 e. The number of pyridine rings is 1. The summed E-state index contributed by atoms with van der Waals surface area (Å²) < 4.78 is 5.15. The number of aromatic amines is 1. The Bertz CT molecular complexity index is 407. The van der Waals surface area contributed by atoms with Gasteiger partial charge < -0.3 is 9.72 Å². The van der Waals surface area contributed by atoms with Crippen molar-refractivity contribution in [1.29, 1.82) is 0 Å². The summed E-state index contributed by atoms with van der Waals surface area (Å²) in [5, 5.41) is 1.12. The molecule has 2 aromatic heterocycles. The minimum absolute atomic E-state index is 0.835. The molecule has 2 rings (SSSR count). The number of fused-ring (bicyclic) bond motifs is 1. The van der Waals surface area contributed by atoms with Crippen LogP contribution in [-0.2, 0) is 0 Å². The highest BCUT2D eigenvalue weighted by molar-refractivity contribution is 5.81. The molecule has 14 heavy (non-hydrogen) atoms. The molecule has 2 heterocycles. The molecule has 0 spiro atoms. The Morgan fingerprint density at radius 2 is 2.07 bits per heavy atom.